The van der Waals surface area contributed by atoms with Crippen LogP contribution in [0.5, 0.6) is 0 Å². The highest BCUT2D eigenvalue weighted by atomic mass is 35.5. The summed E-state index contributed by atoms with van der Waals surface area (Å²) in [6.07, 6.45) is 0.375. The predicted molar refractivity (Wildman–Crippen MR) is 57.3 cm³/mol. The van der Waals surface area contributed by atoms with E-state index in [0.29, 0.717) is 12.4 Å². The zero-order valence-electron chi connectivity index (χ0n) is 8.48. The minimum absolute atomic E-state index is 0.00660. The molecule has 0 aliphatic rings. The Hall–Kier alpha value is -1.61. The van der Waals surface area contributed by atoms with Crippen molar-refractivity contribution in [1.82, 2.24) is 15.0 Å². The van der Waals surface area contributed by atoms with Crippen LogP contribution in [0, 0.1) is 11.3 Å². The second-order valence-corrected chi connectivity index (χ2v) is 3.42. The van der Waals surface area contributed by atoms with Gasteiger partial charge >= 0.3 is 0 Å². The Kier molecular flexibility index (Phi) is 3.63. The van der Waals surface area contributed by atoms with Gasteiger partial charge in [-0.1, -0.05) is 0 Å². The minimum atomic E-state index is -0.00660. The summed E-state index contributed by atoms with van der Waals surface area (Å²) in [5.74, 6) is 0.441. The van der Waals surface area contributed by atoms with Crippen LogP contribution in [0.2, 0.25) is 5.28 Å². The molecule has 0 spiro atoms. The largest absolute Gasteiger partial charge is 0.368 e. The third kappa shape index (κ3) is 2.92. The fourth-order valence-electron chi connectivity index (χ4n) is 0.978. The van der Waals surface area contributed by atoms with Crippen molar-refractivity contribution in [1.29, 1.82) is 5.26 Å². The van der Waals surface area contributed by atoms with Gasteiger partial charge in [0, 0.05) is 13.1 Å². The van der Waals surface area contributed by atoms with Gasteiger partial charge in [-0.15, -0.1) is 0 Å². The van der Waals surface area contributed by atoms with Crippen LogP contribution in [0.1, 0.15) is 13.3 Å². The van der Waals surface area contributed by atoms with Crippen molar-refractivity contribution in [3.05, 3.63) is 5.28 Å². The second kappa shape index (κ2) is 4.75. The number of nitriles is 1. The van der Waals surface area contributed by atoms with Crippen LogP contribution in [0.4, 0.5) is 11.9 Å². The lowest BCUT2D eigenvalue weighted by atomic mass is 10.2. The number of hydrogen-bond acceptors (Lipinski definition) is 6. The Labute approximate surface area is 92.7 Å². The van der Waals surface area contributed by atoms with E-state index in [1.165, 1.54) is 0 Å². The van der Waals surface area contributed by atoms with Gasteiger partial charge in [-0.2, -0.15) is 20.2 Å². The van der Waals surface area contributed by atoms with E-state index in [1.54, 1.807) is 11.9 Å². The molecule has 1 heterocycles. The molecule has 0 aromatic carbocycles. The van der Waals surface area contributed by atoms with Gasteiger partial charge in [-0.3, -0.25) is 0 Å². The van der Waals surface area contributed by atoms with Crippen molar-refractivity contribution in [2.45, 2.75) is 19.4 Å². The lowest BCUT2D eigenvalue weighted by Crippen LogP contribution is -2.30. The van der Waals surface area contributed by atoms with Crippen molar-refractivity contribution in [3.63, 3.8) is 0 Å². The van der Waals surface area contributed by atoms with Crippen molar-refractivity contribution in [3.8, 4) is 6.07 Å². The van der Waals surface area contributed by atoms with Crippen LogP contribution < -0.4 is 10.6 Å². The van der Waals surface area contributed by atoms with Gasteiger partial charge in [-0.25, -0.2) is 0 Å². The average molecular weight is 227 g/mol. The molecule has 15 heavy (non-hydrogen) atoms. The Balaban J connectivity index is 2.91. The molecule has 6 nitrogen and oxygen atoms in total. The van der Waals surface area contributed by atoms with Gasteiger partial charge in [0.25, 0.3) is 0 Å². The molecule has 1 aromatic rings. The number of nitrogen functional groups attached to an aromatic ring is 1. The summed E-state index contributed by atoms with van der Waals surface area (Å²) in [7, 11) is 1.77. The molecule has 1 unspecified atom stereocenters. The first kappa shape index (κ1) is 11.5. The third-order valence-corrected chi connectivity index (χ3v) is 2.15. The van der Waals surface area contributed by atoms with E-state index in [9.17, 15) is 0 Å². The lowest BCUT2D eigenvalue weighted by Gasteiger charge is -2.22. The maximum atomic E-state index is 8.56. The second-order valence-electron chi connectivity index (χ2n) is 3.08. The number of halogens is 1. The normalized spacial score (nSPS) is 11.9. The molecule has 0 fully saturated rings. The first-order valence-electron chi connectivity index (χ1n) is 4.31. The van der Waals surface area contributed by atoms with Gasteiger partial charge in [0.15, 0.2) is 0 Å². The Morgan fingerprint density at radius 3 is 2.73 bits per heavy atom. The van der Waals surface area contributed by atoms with E-state index in [4.69, 9.17) is 22.6 Å². The molecule has 1 rings (SSSR count). The number of anilines is 2. The molecule has 0 bridgehead atoms. The molecule has 1 atom stereocenters. The average Bonchev–Trinajstić information content (AvgIpc) is 2.15. The van der Waals surface area contributed by atoms with Gasteiger partial charge in [0.05, 0.1) is 12.5 Å². The first-order valence-corrected chi connectivity index (χ1v) is 4.69. The summed E-state index contributed by atoms with van der Waals surface area (Å²) < 4.78 is 0. The summed E-state index contributed by atoms with van der Waals surface area (Å²) in [5.41, 5.74) is 5.43. The summed E-state index contributed by atoms with van der Waals surface area (Å²) >= 11 is 5.64. The smallest absolute Gasteiger partial charge is 0.231 e. The molecule has 2 N–H and O–H groups in total. The van der Waals surface area contributed by atoms with Crippen LogP contribution in [-0.2, 0) is 0 Å². The molecule has 7 heteroatoms. The summed E-state index contributed by atoms with van der Waals surface area (Å²) in [5, 5.41) is 8.61. The highest BCUT2D eigenvalue weighted by molar-refractivity contribution is 6.28. The molecular formula is C8H11ClN6. The lowest BCUT2D eigenvalue weighted by molar-refractivity contribution is 0.682. The van der Waals surface area contributed by atoms with E-state index in [-0.39, 0.29) is 17.3 Å². The van der Waals surface area contributed by atoms with Crippen LogP contribution in [0.15, 0.2) is 0 Å². The highest BCUT2D eigenvalue weighted by Crippen LogP contribution is 2.14. The van der Waals surface area contributed by atoms with E-state index in [1.807, 2.05) is 6.92 Å². The predicted octanol–water partition coefficient (Wildman–Crippen LogP) is 0.846. The number of hydrogen-bond donors (Lipinski definition) is 1. The molecule has 0 aliphatic heterocycles. The summed E-state index contributed by atoms with van der Waals surface area (Å²) in [6.45, 7) is 1.89. The topological polar surface area (TPSA) is 91.7 Å². The maximum Gasteiger partial charge on any atom is 0.231 e. The van der Waals surface area contributed by atoms with Gasteiger partial charge in [0.2, 0.25) is 17.2 Å². The quantitative estimate of drug-likeness (QED) is 0.821. The van der Waals surface area contributed by atoms with Gasteiger partial charge in [0.1, 0.15) is 0 Å². The van der Waals surface area contributed by atoms with Crippen molar-refractivity contribution in [2.75, 3.05) is 17.7 Å². The number of nitrogens with two attached hydrogens (primary N) is 1. The van der Waals surface area contributed by atoms with Crippen molar-refractivity contribution >= 4 is 23.5 Å². The fraction of sp³-hybridized carbons (Fsp3) is 0.500. The number of aromatic nitrogens is 3. The minimum Gasteiger partial charge on any atom is -0.368 e. The first-order chi connectivity index (χ1) is 7.04. The van der Waals surface area contributed by atoms with E-state index in [2.05, 4.69) is 21.0 Å². The Bertz CT molecular complexity index is 367. The zero-order valence-corrected chi connectivity index (χ0v) is 9.23. The molecular weight excluding hydrogens is 216 g/mol. The highest BCUT2D eigenvalue weighted by Gasteiger charge is 2.13. The maximum absolute atomic E-state index is 8.56. The standard InChI is InChI=1S/C8H11ClN6/c1-5(3-4-10)15(2)8-13-6(9)12-7(11)14-8/h5H,3H2,1-2H3,(H2,11,12,13,14). The third-order valence-electron chi connectivity index (χ3n) is 1.98. The van der Waals surface area contributed by atoms with Gasteiger partial charge in [-0.05, 0) is 18.5 Å². The molecule has 80 valence electrons. The van der Waals surface area contributed by atoms with Gasteiger partial charge < -0.3 is 10.6 Å². The van der Waals surface area contributed by atoms with Crippen LogP contribution in [-0.4, -0.2) is 28.0 Å². The summed E-state index contributed by atoms with van der Waals surface area (Å²) in [6, 6.07) is 2.06. The SMILES string of the molecule is CC(CC#N)N(C)c1nc(N)nc(Cl)n1. The Morgan fingerprint density at radius 2 is 2.20 bits per heavy atom. The van der Waals surface area contributed by atoms with Crippen LogP contribution in [0.25, 0.3) is 0 Å². The molecule has 0 amide bonds. The van der Waals surface area contributed by atoms with E-state index < -0.39 is 0 Å². The Morgan fingerprint density at radius 1 is 1.53 bits per heavy atom. The van der Waals surface area contributed by atoms with Crippen molar-refractivity contribution < 1.29 is 0 Å². The molecule has 0 radical (unpaired) electrons. The monoisotopic (exact) mass is 226 g/mol. The zero-order chi connectivity index (χ0) is 11.4. The molecule has 0 saturated carbocycles. The van der Waals surface area contributed by atoms with E-state index >= 15 is 0 Å². The van der Waals surface area contributed by atoms with Crippen LogP contribution in [0.3, 0.4) is 0 Å². The van der Waals surface area contributed by atoms with Crippen LogP contribution >= 0.6 is 11.6 Å². The summed E-state index contributed by atoms with van der Waals surface area (Å²) in [4.78, 5) is 13.2. The number of nitrogens with zero attached hydrogens (tertiary/aromatic N) is 5. The fourth-order valence-corrected chi connectivity index (χ4v) is 1.14. The molecule has 0 aliphatic carbocycles. The molecule has 0 saturated heterocycles. The van der Waals surface area contributed by atoms with Crippen molar-refractivity contribution in [2.24, 2.45) is 0 Å². The van der Waals surface area contributed by atoms with E-state index in [0.717, 1.165) is 0 Å². The molecule has 1 aromatic heterocycles. The number of rotatable bonds is 3.